The number of morpholine rings is 1. The molecule has 0 bridgehead atoms. The summed E-state index contributed by atoms with van der Waals surface area (Å²) in [4.78, 5) is 14.2. The van der Waals surface area contributed by atoms with Gasteiger partial charge in [0.1, 0.15) is 10.4 Å². The predicted molar refractivity (Wildman–Crippen MR) is 110 cm³/mol. The van der Waals surface area contributed by atoms with Gasteiger partial charge in [0.05, 0.1) is 23.9 Å². The van der Waals surface area contributed by atoms with Crippen molar-refractivity contribution in [3.63, 3.8) is 0 Å². The lowest BCUT2D eigenvalue weighted by Crippen LogP contribution is -2.42. The number of hydrogen-bond acceptors (Lipinski definition) is 6. The van der Waals surface area contributed by atoms with E-state index in [1.165, 1.54) is 0 Å². The van der Waals surface area contributed by atoms with Crippen LogP contribution in [-0.2, 0) is 9.53 Å². The molecule has 1 amide bonds. The van der Waals surface area contributed by atoms with Gasteiger partial charge in [0, 0.05) is 31.7 Å². The van der Waals surface area contributed by atoms with E-state index in [0.717, 1.165) is 49.7 Å². The highest BCUT2D eigenvalue weighted by molar-refractivity contribution is 7.71. The normalized spacial score (nSPS) is 14.6. The predicted octanol–water partition coefficient (Wildman–Crippen LogP) is 2.60. The van der Waals surface area contributed by atoms with Gasteiger partial charge >= 0.3 is 0 Å². The van der Waals surface area contributed by atoms with E-state index in [9.17, 15) is 4.79 Å². The molecule has 0 unspecified atom stereocenters. The first kappa shape index (κ1) is 20.7. The molecule has 150 valence electrons. The Morgan fingerprint density at radius 3 is 2.89 bits per heavy atom. The van der Waals surface area contributed by atoms with E-state index < -0.39 is 0 Å². The maximum absolute atomic E-state index is 12.0. The summed E-state index contributed by atoms with van der Waals surface area (Å²) < 4.78 is 11.4. The molecule has 2 aromatic rings. The van der Waals surface area contributed by atoms with Crippen LogP contribution in [-0.4, -0.2) is 67.0 Å². The van der Waals surface area contributed by atoms with Crippen LogP contribution in [0.25, 0.3) is 11.3 Å². The molecule has 0 aliphatic carbocycles. The number of halogens is 1. The van der Waals surface area contributed by atoms with Gasteiger partial charge in [-0.25, -0.2) is 0 Å². The summed E-state index contributed by atoms with van der Waals surface area (Å²) in [6.07, 6.45) is 0. The van der Waals surface area contributed by atoms with Crippen LogP contribution in [0, 0.1) is 11.6 Å². The van der Waals surface area contributed by atoms with E-state index in [1.807, 2.05) is 19.1 Å². The van der Waals surface area contributed by atoms with Crippen molar-refractivity contribution in [3.05, 3.63) is 39.5 Å². The number of aromatic nitrogens is 2. The van der Waals surface area contributed by atoms with Crippen molar-refractivity contribution in [1.82, 2.24) is 20.4 Å². The molecule has 2 heterocycles. The molecule has 0 saturated carbocycles. The first-order valence-corrected chi connectivity index (χ1v) is 9.87. The monoisotopic (exact) mass is 422 g/mol. The van der Waals surface area contributed by atoms with Crippen LogP contribution in [0.4, 0.5) is 0 Å². The van der Waals surface area contributed by atoms with E-state index in [2.05, 4.69) is 20.4 Å². The van der Waals surface area contributed by atoms with Crippen molar-refractivity contribution in [2.75, 3.05) is 46.0 Å². The van der Waals surface area contributed by atoms with Gasteiger partial charge in [-0.3, -0.25) is 14.8 Å². The summed E-state index contributed by atoms with van der Waals surface area (Å²) in [6.45, 7) is 6.52. The van der Waals surface area contributed by atoms with Gasteiger partial charge in [0.15, 0.2) is 6.61 Å². The molecule has 1 fully saturated rings. The standard InChI is InChI=1S/C19H23ClN4O3S/c1-13-10-18(28)22-23-19(13)14-2-3-16(15(20)11-14)27-12-17(25)21-4-5-24-6-8-26-9-7-24/h2-3,10-11H,4-9,12H2,1H3,(H,21,25)(H,22,28). The average Bonchev–Trinajstić information content (AvgIpc) is 2.68. The smallest absolute Gasteiger partial charge is 0.257 e. The molecule has 3 rings (SSSR count). The second kappa shape index (κ2) is 9.97. The van der Waals surface area contributed by atoms with Gasteiger partial charge in [-0.1, -0.05) is 23.8 Å². The van der Waals surface area contributed by atoms with Gasteiger partial charge < -0.3 is 14.8 Å². The van der Waals surface area contributed by atoms with Crippen molar-refractivity contribution >= 4 is 29.7 Å². The quantitative estimate of drug-likeness (QED) is 0.668. The number of nitrogens with one attached hydrogen (secondary N) is 2. The molecule has 28 heavy (non-hydrogen) atoms. The Morgan fingerprint density at radius 2 is 2.18 bits per heavy atom. The minimum Gasteiger partial charge on any atom is -0.482 e. The third kappa shape index (κ3) is 5.75. The number of rotatable bonds is 7. The van der Waals surface area contributed by atoms with E-state index >= 15 is 0 Å². The van der Waals surface area contributed by atoms with Crippen molar-refractivity contribution in [2.45, 2.75) is 6.92 Å². The maximum Gasteiger partial charge on any atom is 0.257 e. The van der Waals surface area contributed by atoms with E-state index in [4.69, 9.17) is 33.3 Å². The van der Waals surface area contributed by atoms with Crippen molar-refractivity contribution in [2.24, 2.45) is 0 Å². The minimum atomic E-state index is -0.179. The highest BCUT2D eigenvalue weighted by atomic mass is 35.5. The SMILES string of the molecule is Cc1cc(=S)[nH]nc1-c1ccc(OCC(=O)NCCN2CCOCC2)c(Cl)c1. The zero-order valence-electron chi connectivity index (χ0n) is 15.7. The van der Waals surface area contributed by atoms with Crippen LogP contribution in [0.3, 0.4) is 0 Å². The van der Waals surface area contributed by atoms with Gasteiger partial charge in [0.25, 0.3) is 5.91 Å². The number of H-pyrrole nitrogens is 1. The van der Waals surface area contributed by atoms with E-state index in [0.29, 0.717) is 22.0 Å². The van der Waals surface area contributed by atoms with E-state index in [-0.39, 0.29) is 12.5 Å². The molecule has 0 radical (unpaired) electrons. The summed E-state index contributed by atoms with van der Waals surface area (Å²) in [6, 6.07) is 7.20. The number of carbonyl (C=O) groups is 1. The van der Waals surface area contributed by atoms with Crippen LogP contribution in [0.15, 0.2) is 24.3 Å². The van der Waals surface area contributed by atoms with E-state index in [1.54, 1.807) is 12.1 Å². The molecule has 0 spiro atoms. The first-order valence-electron chi connectivity index (χ1n) is 9.09. The Bertz CT molecular complexity index is 884. The van der Waals surface area contributed by atoms with Crippen LogP contribution in [0.1, 0.15) is 5.56 Å². The summed E-state index contributed by atoms with van der Waals surface area (Å²) in [5.74, 6) is 0.275. The number of ether oxygens (including phenoxy) is 2. The van der Waals surface area contributed by atoms with Crippen molar-refractivity contribution in [3.8, 4) is 17.0 Å². The fourth-order valence-corrected chi connectivity index (χ4v) is 3.38. The first-order chi connectivity index (χ1) is 13.5. The van der Waals surface area contributed by atoms with Gasteiger partial charge in [-0.2, -0.15) is 5.10 Å². The Labute approximate surface area is 174 Å². The lowest BCUT2D eigenvalue weighted by molar-refractivity contribution is -0.123. The number of aryl methyl sites for hydroxylation is 1. The Morgan fingerprint density at radius 1 is 1.39 bits per heavy atom. The summed E-state index contributed by atoms with van der Waals surface area (Å²) in [5, 5.41) is 10.3. The molecular weight excluding hydrogens is 400 g/mol. The second-order valence-corrected chi connectivity index (χ2v) is 7.35. The molecule has 9 heteroatoms. The Kier molecular flexibility index (Phi) is 7.38. The fourth-order valence-electron chi connectivity index (χ4n) is 2.93. The van der Waals surface area contributed by atoms with Gasteiger partial charge in [-0.15, -0.1) is 0 Å². The summed E-state index contributed by atoms with van der Waals surface area (Å²) in [5.41, 5.74) is 2.56. The van der Waals surface area contributed by atoms with Crippen LogP contribution >= 0.6 is 23.8 Å². The lowest BCUT2D eigenvalue weighted by atomic mass is 10.1. The zero-order valence-corrected chi connectivity index (χ0v) is 17.2. The average molecular weight is 423 g/mol. The minimum absolute atomic E-state index is 0.0854. The zero-order chi connectivity index (χ0) is 19.9. The highest BCUT2D eigenvalue weighted by Gasteiger charge is 2.12. The lowest BCUT2D eigenvalue weighted by Gasteiger charge is -2.26. The molecule has 0 atom stereocenters. The maximum atomic E-state index is 12.0. The van der Waals surface area contributed by atoms with Crippen LogP contribution in [0.2, 0.25) is 5.02 Å². The molecule has 1 aromatic heterocycles. The number of carbonyl (C=O) groups excluding carboxylic acids is 1. The van der Waals surface area contributed by atoms with Crippen molar-refractivity contribution in [1.29, 1.82) is 0 Å². The summed E-state index contributed by atoms with van der Waals surface area (Å²) >= 11 is 11.4. The summed E-state index contributed by atoms with van der Waals surface area (Å²) in [7, 11) is 0. The second-order valence-electron chi connectivity index (χ2n) is 6.50. The Balaban J connectivity index is 1.50. The highest BCUT2D eigenvalue weighted by Crippen LogP contribution is 2.30. The Hall–Kier alpha value is -2.00. The molecule has 1 saturated heterocycles. The molecule has 1 aromatic carbocycles. The topological polar surface area (TPSA) is 79.5 Å². The van der Waals surface area contributed by atoms with Crippen molar-refractivity contribution < 1.29 is 14.3 Å². The number of hydrogen-bond donors (Lipinski definition) is 2. The van der Waals surface area contributed by atoms with Gasteiger partial charge in [0.2, 0.25) is 0 Å². The van der Waals surface area contributed by atoms with Crippen LogP contribution in [0.5, 0.6) is 5.75 Å². The fraction of sp³-hybridized carbons (Fsp3) is 0.421. The molecular formula is C19H23ClN4O3S. The molecule has 1 aliphatic heterocycles. The third-order valence-corrected chi connectivity index (χ3v) is 4.92. The number of benzene rings is 1. The number of aromatic amines is 1. The van der Waals surface area contributed by atoms with Crippen LogP contribution < -0.4 is 10.1 Å². The number of nitrogens with zero attached hydrogens (tertiary/aromatic N) is 2. The van der Waals surface area contributed by atoms with Gasteiger partial charge in [-0.05, 0) is 36.8 Å². The third-order valence-electron chi connectivity index (χ3n) is 4.42. The molecule has 1 aliphatic rings. The number of amides is 1. The molecule has 2 N–H and O–H groups in total. The molecule has 7 nitrogen and oxygen atoms in total. The largest absolute Gasteiger partial charge is 0.482 e.